The van der Waals surface area contributed by atoms with Crippen molar-refractivity contribution in [3.8, 4) is 0 Å². The summed E-state index contributed by atoms with van der Waals surface area (Å²) in [6, 6.07) is 9.90. The Bertz CT molecular complexity index is 1050. The second kappa shape index (κ2) is 7.04. The highest BCUT2D eigenvalue weighted by molar-refractivity contribution is 5.95. The van der Waals surface area contributed by atoms with Gasteiger partial charge in [0.2, 0.25) is 0 Å². The van der Waals surface area contributed by atoms with Crippen LogP contribution < -0.4 is 11.4 Å². The molecule has 1 aliphatic heterocycles. The number of aryl methyl sites for hydroxylation is 3. The Hall–Kier alpha value is -2.86. The molecule has 1 amide bonds. The minimum Gasteiger partial charge on any atom is -0.427 e. The number of hydrogen-bond acceptors (Lipinski definition) is 4. The van der Waals surface area contributed by atoms with Gasteiger partial charge in [0.1, 0.15) is 11.3 Å². The summed E-state index contributed by atoms with van der Waals surface area (Å²) in [7, 11) is 0. The molecule has 1 saturated heterocycles. The Kier molecular flexibility index (Phi) is 4.58. The molecule has 3 N–H and O–H groups in total. The lowest BCUT2D eigenvalue weighted by molar-refractivity contribution is 0.0785. The van der Waals surface area contributed by atoms with E-state index in [1.165, 1.54) is 10.9 Å². The summed E-state index contributed by atoms with van der Waals surface area (Å²) < 4.78 is 5.46. The van der Waals surface area contributed by atoms with Gasteiger partial charge in [-0.3, -0.25) is 4.79 Å². The number of aromatic nitrogens is 1. The van der Waals surface area contributed by atoms with E-state index in [9.17, 15) is 9.59 Å². The maximum Gasteiger partial charge on any atom is 0.349 e. The van der Waals surface area contributed by atoms with Gasteiger partial charge in [0.15, 0.2) is 0 Å². The fraction of sp³-hybridized carbons (Fsp3) is 0.333. The molecule has 3 aromatic rings. The molecule has 0 radical (unpaired) electrons. The quantitative estimate of drug-likeness (QED) is 0.742. The van der Waals surface area contributed by atoms with Crippen LogP contribution in [0.3, 0.4) is 0 Å². The zero-order valence-electron chi connectivity index (χ0n) is 15.3. The molecule has 1 atom stereocenters. The molecule has 0 aliphatic carbocycles. The topological polar surface area (TPSA) is 92.3 Å². The fourth-order valence-electron chi connectivity index (χ4n) is 3.78. The molecule has 0 saturated carbocycles. The van der Waals surface area contributed by atoms with E-state index in [-0.39, 0.29) is 17.5 Å². The van der Waals surface area contributed by atoms with Crippen molar-refractivity contribution < 1.29 is 9.21 Å². The maximum atomic E-state index is 12.6. The van der Waals surface area contributed by atoms with E-state index in [0.717, 1.165) is 18.4 Å². The molecule has 0 spiro atoms. The van der Waals surface area contributed by atoms with Gasteiger partial charge >= 0.3 is 5.63 Å². The molecule has 140 valence electrons. The Morgan fingerprint density at radius 2 is 2.15 bits per heavy atom. The zero-order valence-corrected chi connectivity index (χ0v) is 15.3. The zero-order chi connectivity index (χ0) is 19.0. The number of rotatable bonds is 4. The third-order valence-corrected chi connectivity index (χ3v) is 5.24. The first-order valence-corrected chi connectivity index (χ1v) is 9.26. The van der Waals surface area contributed by atoms with E-state index in [0.29, 0.717) is 30.8 Å². The summed E-state index contributed by atoms with van der Waals surface area (Å²) in [5, 5.41) is 1.17. The number of benzene rings is 1. The summed E-state index contributed by atoms with van der Waals surface area (Å²) in [6.45, 7) is 2.86. The van der Waals surface area contributed by atoms with E-state index in [4.69, 9.17) is 10.2 Å². The Morgan fingerprint density at radius 3 is 2.89 bits per heavy atom. The number of aromatic amines is 1. The average molecular weight is 365 g/mol. The Labute approximate surface area is 157 Å². The van der Waals surface area contributed by atoms with Crippen molar-refractivity contribution in [2.45, 2.75) is 32.2 Å². The molecule has 0 unspecified atom stereocenters. The number of nitrogens with one attached hydrogen (secondary N) is 1. The third-order valence-electron chi connectivity index (χ3n) is 5.24. The predicted molar refractivity (Wildman–Crippen MR) is 104 cm³/mol. The summed E-state index contributed by atoms with van der Waals surface area (Å²) in [5.41, 5.74) is 8.36. The van der Waals surface area contributed by atoms with Crippen LogP contribution >= 0.6 is 0 Å². The number of carbonyl (C=O) groups is 1. The molecule has 1 aromatic carbocycles. The molecule has 0 bridgehead atoms. The number of hydrogen-bond donors (Lipinski definition) is 2. The van der Waals surface area contributed by atoms with Gasteiger partial charge < -0.3 is 20.0 Å². The van der Waals surface area contributed by atoms with Crippen molar-refractivity contribution in [1.29, 1.82) is 0 Å². The summed E-state index contributed by atoms with van der Waals surface area (Å²) >= 11 is 0. The lowest BCUT2D eigenvalue weighted by Crippen LogP contribution is -2.35. The van der Waals surface area contributed by atoms with Gasteiger partial charge in [0.05, 0.1) is 0 Å². The van der Waals surface area contributed by atoms with Gasteiger partial charge in [0, 0.05) is 42.7 Å². The van der Waals surface area contributed by atoms with Gasteiger partial charge in [-0.1, -0.05) is 18.2 Å². The Balaban J connectivity index is 1.53. The molecule has 1 aliphatic rings. The van der Waals surface area contributed by atoms with Crippen LogP contribution in [0.4, 0.5) is 0 Å². The Morgan fingerprint density at radius 1 is 1.33 bits per heavy atom. The van der Waals surface area contributed by atoms with Crippen LogP contribution in [0.2, 0.25) is 0 Å². The average Bonchev–Trinajstić information content (AvgIpc) is 3.25. The molecule has 27 heavy (non-hydrogen) atoms. The molecular weight excluding hydrogens is 342 g/mol. The van der Waals surface area contributed by atoms with Crippen LogP contribution in [0.5, 0.6) is 0 Å². The van der Waals surface area contributed by atoms with Gasteiger partial charge in [0.25, 0.3) is 5.91 Å². The first kappa shape index (κ1) is 17.5. The third kappa shape index (κ3) is 3.40. The minimum absolute atomic E-state index is 0.0169. The van der Waals surface area contributed by atoms with Crippen LogP contribution in [-0.4, -0.2) is 34.9 Å². The number of H-pyrrole nitrogens is 1. The molecule has 3 heterocycles. The highest BCUT2D eigenvalue weighted by atomic mass is 16.4. The largest absolute Gasteiger partial charge is 0.427 e. The van der Waals surface area contributed by atoms with E-state index in [2.05, 4.69) is 11.1 Å². The molecule has 6 nitrogen and oxygen atoms in total. The molecule has 4 rings (SSSR count). The van der Waals surface area contributed by atoms with Crippen molar-refractivity contribution in [3.63, 3.8) is 0 Å². The van der Waals surface area contributed by atoms with E-state index in [1.54, 1.807) is 17.9 Å². The lowest BCUT2D eigenvalue weighted by Gasteiger charge is -2.16. The van der Waals surface area contributed by atoms with Crippen molar-refractivity contribution in [2.24, 2.45) is 5.73 Å². The van der Waals surface area contributed by atoms with Crippen molar-refractivity contribution >= 4 is 16.8 Å². The van der Waals surface area contributed by atoms with Crippen LogP contribution in [-0.2, 0) is 12.8 Å². The molecule has 6 heteroatoms. The standard InChI is InChI=1S/C21H23N3O3/c1-13-10-16(7-6-14-11-23-18-5-3-2-4-17(14)18)27-21(26)19(13)20(25)24-9-8-15(22)12-24/h2-5,10-11,15,23H,6-9,12,22H2,1H3/t15-/m0/s1. The maximum absolute atomic E-state index is 12.6. The normalized spacial score (nSPS) is 17.0. The first-order valence-electron chi connectivity index (χ1n) is 9.26. The van der Waals surface area contributed by atoms with Crippen LogP contribution in [0, 0.1) is 6.92 Å². The van der Waals surface area contributed by atoms with Gasteiger partial charge in [-0.15, -0.1) is 0 Å². The number of likely N-dealkylation sites (tertiary alicyclic amines) is 1. The number of nitrogens with two attached hydrogens (primary N) is 1. The lowest BCUT2D eigenvalue weighted by atomic mass is 10.1. The predicted octanol–water partition coefficient (Wildman–Crippen LogP) is 2.39. The highest BCUT2D eigenvalue weighted by Gasteiger charge is 2.28. The second-order valence-corrected chi connectivity index (χ2v) is 7.22. The number of carbonyl (C=O) groups excluding carboxylic acids is 1. The number of para-hydroxylation sites is 1. The van der Waals surface area contributed by atoms with Crippen molar-refractivity contribution in [1.82, 2.24) is 9.88 Å². The van der Waals surface area contributed by atoms with Crippen molar-refractivity contribution in [3.05, 3.63) is 69.4 Å². The van der Waals surface area contributed by atoms with Crippen molar-refractivity contribution in [2.75, 3.05) is 13.1 Å². The molecule has 2 aromatic heterocycles. The fourth-order valence-corrected chi connectivity index (χ4v) is 3.78. The number of nitrogens with zero attached hydrogens (tertiary/aromatic N) is 1. The minimum atomic E-state index is -0.561. The van der Waals surface area contributed by atoms with E-state index < -0.39 is 5.63 Å². The monoisotopic (exact) mass is 365 g/mol. The van der Waals surface area contributed by atoms with E-state index >= 15 is 0 Å². The van der Waals surface area contributed by atoms with E-state index in [1.807, 2.05) is 24.4 Å². The SMILES string of the molecule is Cc1cc(CCc2c[nH]c3ccccc23)oc(=O)c1C(=O)N1CC[C@H](N)C1. The first-order chi connectivity index (χ1) is 13.0. The second-order valence-electron chi connectivity index (χ2n) is 7.22. The molecular formula is C21H23N3O3. The van der Waals surface area contributed by atoms with Gasteiger partial charge in [-0.05, 0) is 43.0 Å². The highest BCUT2D eigenvalue weighted by Crippen LogP contribution is 2.20. The summed E-state index contributed by atoms with van der Waals surface area (Å²) in [4.78, 5) is 30.0. The van der Waals surface area contributed by atoms with Crippen LogP contribution in [0.25, 0.3) is 10.9 Å². The van der Waals surface area contributed by atoms with Gasteiger partial charge in [-0.2, -0.15) is 0 Å². The smallest absolute Gasteiger partial charge is 0.349 e. The van der Waals surface area contributed by atoms with Gasteiger partial charge in [-0.25, -0.2) is 4.79 Å². The number of amides is 1. The number of fused-ring (bicyclic) bond motifs is 1. The summed E-state index contributed by atoms with van der Waals surface area (Å²) in [6.07, 6.45) is 4.10. The molecule has 1 fully saturated rings. The van der Waals surface area contributed by atoms with Crippen LogP contribution in [0.15, 0.2) is 45.7 Å². The summed E-state index contributed by atoms with van der Waals surface area (Å²) in [5.74, 6) is 0.315. The van der Waals surface area contributed by atoms with Crippen LogP contribution in [0.1, 0.15) is 33.7 Å².